The zero-order valence-corrected chi connectivity index (χ0v) is 11.6. The second kappa shape index (κ2) is 5.57. The number of nitrogens with zero attached hydrogens (tertiary/aromatic N) is 3. The van der Waals surface area contributed by atoms with Crippen molar-refractivity contribution in [1.82, 2.24) is 19.7 Å². The molecule has 0 spiro atoms. The zero-order valence-electron chi connectivity index (χ0n) is 9.97. The third-order valence-electron chi connectivity index (χ3n) is 2.35. The Bertz CT molecular complexity index is 480. The molecule has 6 heteroatoms. The average molecular weight is 266 g/mol. The average Bonchev–Trinajstić information content (AvgIpc) is 2.75. The molecule has 0 aromatic carbocycles. The van der Waals surface area contributed by atoms with E-state index in [-0.39, 0.29) is 6.04 Å². The van der Waals surface area contributed by atoms with Crippen molar-refractivity contribution < 1.29 is 0 Å². The molecule has 1 atom stereocenters. The van der Waals surface area contributed by atoms with Crippen LogP contribution in [0.2, 0.25) is 0 Å². The molecule has 0 amide bonds. The van der Waals surface area contributed by atoms with Crippen molar-refractivity contribution >= 4 is 23.3 Å². The lowest BCUT2D eigenvalue weighted by molar-refractivity contribution is 0.631. The van der Waals surface area contributed by atoms with Gasteiger partial charge in [0.2, 0.25) is 0 Å². The molecule has 2 heterocycles. The van der Waals surface area contributed by atoms with Crippen LogP contribution in [-0.4, -0.2) is 21.4 Å². The maximum absolute atomic E-state index is 4.43. The Morgan fingerprint density at radius 3 is 2.76 bits per heavy atom. The summed E-state index contributed by atoms with van der Waals surface area (Å²) >= 11 is 3.02. The van der Waals surface area contributed by atoms with Crippen LogP contribution in [0.25, 0.3) is 0 Å². The molecule has 0 fully saturated rings. The molecule has 0 aliphatic heterocycles. The quantitative estimate of drug-likeness (QED) is 0.922. The molecule has 0 bridgehead atoms. The minimum Gasteiger partial charge on any atom is -0.312 e. The van der Waals surface area contributed by atoms with Crippen LogP contribution in [0.3, 0.4) is 0 Å². The van der Waals surface area contributed by atoms with Gasteiger partial charge in [-0.2, -0.15) is 4.37 Å². The van der Waals surface area contributed by atoms with Crippen molar-refractivity contribution in [2.45, 2.75) is 29.1 Å². The first-order valence-corrected chi connectivity index (χ1v) is 6.89. The summed E-state index contributed by atoms with van der Waals surface area (Å²) in [6.07, 6.45) is 1.88. The summed E-state index contributed by atoms with van der Waals surface area (Å²) < 4.78 is 5.11. The Kier molecular flexibility index (Phi) is 4.09. The lowest BCUT2D eigenvalue weighted by Crippen LogP contribution is -2.13. The van der Waals surface area contributed by atoms with Gasteiger partial charge in [0.05, 0.1) is 5.69 Å². The van der Waals surface area contributed by atoms with Crippen molar-refractivity contribution in [1.29, 1.82) is 0 Å². The molecule has 4 nitrogen and oxygen atoms in total. The summed E-state index contributed by atoms with van der Waals surface area (Å²) in [4.78, 5) is 9.83. The van der Waals surface area contributed by atoms with E-state index in [1.807, 2.05) is 26.2 Å². The van der Waals surface area contributed by atoms with Crippen molar-refractivity contribution in [3.05, 3.63) is 29.8 Å². The van der Waals surface area contributed by atoms with Crippen LogP contribution < -0.4 is 5.32 Å². The first kappa shape index (κ1) is 12.5. The molecule has 90 valence electrons. The highest BCUT2D eigenvalue weighted by Crippen LogP contribution is 2.28. The van der Waals surface area contributed by atoms with Crippen molar-refractivity contribution in [2.24, 2.45) is 0 Å². The molecular formula is C11H14N4S2. The molecule has 17 heavy (non-hydrogen) atoms. The Labute approximate surface area is 109 Å². The van der Waals surface area contributed by atoms with E-state index in [4.69, 9.17) is 0 Å². The van der Waals surface area contributed by atoms with Gasteiger partial charge in [0, 0.05) is 17.1 Å². The van der Waals surface area contributed by atoms with E-state index in [1.165, 1.54) is 11.5 Å². The number of aryl methyl sites for hydroxylation is 1. The van der Waals surface area contributed by atoms with E-state index in [1.54, 1.807) is 11.8 Å². The van der Waals surface area contributed by atoms with E-state index in [0.29, 0.717) is 0 Å². The minimum absolute atomic E-state index is 0.276. The fourth-order valence-corrected chi connectivity index (χ4v) is 2.87. The second-order valence-corrected chi connectivity index (χ2v) is 5.71. The van der Waals surface area contributed by atoms with E-state index < -0.39 is 0 Å². The van der Waals surface area contributed by atoms with Gasteiger partial charge in [0.1, 0.15) is 5.82 Å². The lowest BCUT2D eigenvalue weighted by Gasteiger charge is -2.09. The monoisotopic (exact) mass is 266 g/mol. The minimum atomic E-state index is 0.276. The Hall–Kier alpha value is -0.980. The Morgan fingerprint density at radius 2 is 2.24 bits per heavy atom. The largest absolute Gasteiger partial charge is 0.312 e. The van der Waals surface area contributed by atoms with Gasteiger partial charge in [-0.05, 0) is 44.6 Å². The highest BCUT2D eigenvalue weighted by molar-refractivity contribution is 8.01. The van der Waals surface area contributed by atoms with Crippen LogP contribution in [0.15, 0.2) is 27.6 Å². The fraction of sp³-hybridized carbons (Fsp3) is 0.364. The summed E-state index contributed by atoms with van der Waals surface area (Å²) in [6.45, 7) is 3.99. The third kappa shape index (κ3) is 3.24. The third-order valence-corrected chi connectivity index (χ3v) is 4.17. The van der Waals surface area contributed by atoms with Crippen molar-refractivity contribution in [2.75, 3.05) is 7.05 Å². The van der Waals surface area contributed by atoms with Crippen LogP contribution in [-0.2, 0) is 0 Å². The maximum Gasteiger partial charge on any atom is 0.174 e. The summed E-state index contributed by atoms with van der Waals surface area (Å²) in [5.41, 5.74) is 1.05. The van der Waals surface area contributed by atoms with Crippen LogP contribution >= 0.6 is 23.3 Å². The van der Waals surface area contributed by atoms with E-state index in [0.717, 1.165) is 20.8 Å². The molecule has 0 saturated carbocycles. The number of pyridine rings is 1. The normalized spacial score (nSPS) is 12.6. The summed E-state index contributed by atoms with van der Waals surface area (Å²) in [7, 11) is 1.93. The van der Waals surface area contributed by atoms with Gasteiger partial charge in [0.15, 0.2) is 4.34 Å². The number of aromatic nitrogens is 3. The molecule has 1 unspecified atom stereocenters. The van der Waals surface area contributed by atoms with Crippen molar-refractivity contribution in [3.8, 4) is 0 Å². The molecule has 2 aromatic heterocycles. The second-order valence-electron chi connectivity index (χ2n) is 3.64. The number of hydrogen-bond donors (Lipinski definition) is 1. The standard InChI is InChI=1S/C11H14N4S2/c1-7(12-3)10-5-4-9(6-13-10)16-11-14-8(2)15-17-11/h4-7,12H,1-3H3. The first-order valence-electron chi connectivity index (χ1n) is 5.30. The first-order chi connectivity index (χ1) is 8.19. The molecule has 0 aliphatic rings. The topological polar surface area (TPSA) is 50.7 Å². The molecule has 0 saturated heterocycles. The predicted octanol–water partition coefficient (Wildman–Crippen LogP) is 2.67. The Morgan fingerprint density at radius 1 is 1.41 bits per heavy atom. The fourth-order valence-electron chi connectivity index (χ4n) is 1.28. The summed E-state index contributed by atoms with van der Waals surface area (Å²) in [6, 6.07) is 4.38. The summed E-state index contributed by atoms with van der Waals surface area (Å²) in [5.74, 6) is 0.825. The highest BCUT2D eigenvalue weighted by Gasteiger charge is 2.06. The van der Waals surface area contributed by atoms with E-state index in [9.17, 15) is 0 Å². The van der Waals surface area contributed by atoms with Gasteiger partial charge < -0.3 is 5.32 Å². The number of hydrogen-bond acceptors (Lipinski definition) is 6. The van der Waals surface area contributed by atoms with Gasteiger partial charge in [0.25, 0.3) is 0 Å². The van der Waals surface area contributed by atoms with Crippen LogP contribution in [0.5, 0.6) is 0 Å². The van der Waals surface area contributed by atoms with E-state index in [2.05, 4.69) is 32.6 Å². The van der Waals surface area contributed by atoms with Crippen LogP contribution in [0.4, 0.5) is 0 Å². The van der Waals surface area contributed by atoms with E-state index >= 15 is 0 Å². The lowest BCUT2D eigenvalue weighted by atomic mass is 10.2. The van der Waals surface area contributed by atoms with Crippen molar-refractivity contribution in [3.63, 3.8) is 0 Å². The van der Waals surface area contributed by atoms with Gasteiger partial charge in [-0.3, -0.25) is 4.98 Å². The Balaban J connectivity index is 2.08. The summed E-state index contributed by atoms with van der Waals surface area (Å²) in [5, 5.41) is 3.16. The van der Waals surface area contributed by atoms with Gasteiger partial charge in [-0.25, -0.2) is 4.98 Å². The van der Waals surface area contributed by atoms with Crippen LogP contribution in [0, 0.1) is 6.92 Å². The maximum atomic E-state index is 4.43. The van der Waals surface area contributed by atoms with Gasteiger partial charge in [-0.1, -0.05) is 11.8 Å². The van der Waals surface area contributed by atoms with Crippen LogP contribution in [0.1, 0.15) is 24.5 Å². The SMILES string of the molecule is CNC(C)c1ccc(Sc2nc(C)ns2)cn1. The number of nitrogens with one attached hydrogen (secondary N) is 1. The molecule has 2 aromatic rings. The molecule has 2 rings (SSSR count). The zero-order chi connectivity index (χ0) is 12.3. The molecule has 0 radical (unpaired) electrons. The van der Waals surface area contributed by atoms with Gasteiger partial charge in [-0.15, -0.1) is 0 Å². The predicted molar refractivity (Wildman–Crippen MR) is 70.5 cm³/mol. The number of rotatable bonds is 4. The smallest absolute Gasteiger partial charge is 0.174 e. The molecule has 0 aliphatic carbocycles. The molecule has 1 N–H and O–H groups in total. The molecular weight excluding hydrogens is 252 g/mol. The highest BCUT2D eigenvalue weighted by atomic mass is 32.2. The van der Waals surface area contributed by atoms with Gasteiger partial charge >= 0.3 is 0 Å².